The molecule has 0 radical (unpaired) electrons. The first kappa shape index (κ1) is 17.8. The van der Waals surface area contributed by atoms with Gasteiger partial charge in [-0.15, -0.1) is 0 Å². The molecule has 1 aliphatic heterocycles. The van der Waals surface area contributed by atoms with E-state index in [1.54, 1.807) is 12.3 Å². The van der Waals surface area contributed by atoms with Gasteiger partial charge in [-0.05, 0) is 13.0 Å². The van der Waals surface area contributed by atoms with Gasteiger partial charge in [-0.3, -0.25) is 4.98 Å². The highest BCUT2D eigenvalue weighted by Gasteiger charge is 2.49. The van der Waals surface area contributed by atoms with Crippen LogP contribution in [0.15, 0.2) is 35.6 Å². The van der Waals surface area contributed by atoms with Gasteiger partial charge in [0.05, 0.1) is 23.3 Å². The number of H-pyrrole nitrogens is 1. The molecule has 0 aliphatic carbocycles. The predicted molar refractivity (Wildman–Crippen MR) is 92.2 cm³/mol. The molecular weight excluding hydrogens is 383 g/mol. The van der Waals surface area contributed by atoms with Crippen molar-refractivity contribution in [2.75, 3.05) is 6.61 Å². The number of hydrogen-bond donors (Lipinski definition) is 1. The maximum absolute atomic E-state index is 13.3. The third-order valence-corrected chi connectivity index (χ3v) is 4.63. The van der Waals surface area contributed by atoms with Crippen LogP contribution in [0.4, 0.5) is 13.2 Å². The summed E-state index contributed by atoms with van der Waals surface area (Å²) in [5.41, 5.74) is 1.73. The SMILES string of the molecule is CCOc1ccnc(CSc2nc3cc4c(cc3[nH]2)OC(F)(F)C(F)O4)c1. The first-order valence-corrected chi connectivity index (χ1v) is 9.05. The lowest BCUT2D eigenvalue weighted by Crippen LogP contribution is -2.43. The summed E-state index contributed by atoms with van der Waals surface area (Å²) in [7, 11) is 0. The van der Waals surface area contributed by atoms with Crippen LogP contribution < -0.4 is 14.2 Å². The Morgan fingerprint density at radius 3 is 2.96 bits per heavy atom. The van der Waals surface area contributed by atoms with Gasteiger partial charge in [0.15, 0.2) is 16.7 Å². The maximum atomic E-state index is 13.3. The van der Waals surface area contributed by atoms with Crippen LogP contribution in [0.5, 0.6) is 17.2 Å². The molecule has 1 N–H and O–H groups in total. The summed E-state index contributed by atoms with van der Waals surface area (Å²) in [6.45, 7) is 2.46. The summed E-state index contributed by atoms with van der Waals surface area (Å²) >= 11 is 1.38. The number of benzene rings is 1. The third kappa shape index (κ3) is 3.61. The average Bonchev–Trinajstić information content (AvgIpc) is 3.01. The van der Waals surface area contributed by atoms with E-state index < -0.39 is 12.5 Å². The largest absolute Gasteiger partial charge is 0.494 e. The number of ether oxygens (including phenoxy) is 3. The highest BCUT2D eigenvalue weighted by atomic mass is 32.2. The van der Waals surface area contributed by atoms with Gasteiger partial charge in [-0.2, -0.15) is 13.2 Å². The van der Waals surface area contributed by atoms with E-state index in [9.17, 15) is 13.2 Å². The van der Waals surface area contributed by atoms with Crippen LogP contribution >= 0.6 is 11.8 Å². The maximum Gasteiger partial charge on any atom is 0.468 e. The zero-order chi connectivity index (χ0) is 19.0. The first-order chi connectivity index (χ1) is 12.9. The van der Waals surface area contributed by atoms with Gasteiger partial charge in [-0.25, -0.2) is 4.98 Å². The summed E-state index contributed by atoms with van der Waals surface area (Å²) in [6.07, 6.45) is -5.23. The van der Waals surface area contributed by atoms with Gasteiger partial charge >= 0.3 is 12.5 Å². The van der Waals surface area contributed by atoms with Crippen molar-refractivity contribution in [2.45, 2.75) is 30.3 Å². The van der Waals surface area contributed by atoms with Gasteiger partial charge in [0.2, 0.25) is 0 Å². The van der Waals surface area contributed by atoms with Crippen LogP contribution in [-0.2, 0) is 5.75 Å². The Balaban J connectivity index is 1.53. The summed E-state index contributed by atoms with van der Waals surface area (Å²) in [5.74, 6) is 0.900. The summed E-state index contributed by atoms with van der Waals surface area (Å²) < 4.78 is 54.4. The molecule has 1 aromatic carbocycles. The smallest absolute Gasteiger partial charge is 0.468 e. The van der Waals surface area contributed by atoms with Crippen LogP contribution in [0, 0.1) is 0 Å². The summed E-state index contributed by atoms with van der Waals surface area (Å²) in [5, 5.41) is 0.555. The van der Waals surface area contributed by atoms with E-state index in [0.29, 0.717) is 28.5 Å². The van der Waals surface area contributed by atoms with Gasteiger partial charge in [-0.1, -0.05) is 11.8 Å². The highest BCUT2D eigenvalue weighted by Crippen LogP contribution is 2.42. The van der Waals surface area contributed by atoms with Crippen molar-refractivity contribution in [2.24, 2.45) is 0 Å². The van der Waals surface area contributed by atoms with E-state index in [4.69, 9.17) is 4.74 Å². The number of thioether (sulfide) groups is 1. The zero-order valence-electron chi connectivity index (χ0n) is 14.0. The highest BCUT2D eigenvalue weighted by molar-refractivity contribution is 7.98. The number of halogens is 3. The number of fused-ring (bicyclic) bond motifs is 2. The molecule has 0 bridgehead atoms. The summed E-state index contributed by atoms with van der Waals surface area (Å²) in [6, 6.07) is 6.29. The second-order valence-corrected chi connectivity index (χ2v) is 6.62. The molecule has 0 saturated carbocycles. The fraction of sp³-hybridized carbons (Fsp3) is 0.294. The number of aromatic amines is 1. The molecule has 0 spiro atoms. The number of aromatic nitrogens is 3. The van der Waals surface area contributed by atoms with Gasteiger partial charge in [0, 0.05) is 30.1 Å². The lowest BCUT2D eigenvalue weighted by molar-refractivity contribution is -0.281. The van der Waals surface area contributed by atoms with Crippen LogP contribution in [0.2, 0.25) is 0 Å². The van der Waals surface area contributed by atoms with Crippen molar-refractivity contribution in [3.05, 3.63) is 36.2 Å². The molecule has 10 heteroatoms. The molecule has 1 atom stereocenters. The van der Waals surface area contributed by atoms with Gasteiger partial charge < -0.3 is 19.2 Å². The molecular formula is C17H14F3N3O3S. The van der Waals surface area contributed by atoms with E-state index in [1.165, 1.54) is 23.9 Å². The topological polar surface area (TPSA) is 69.3 Å². The van der Waals surface area contributed by atoms with Crippen molar-refractivity contribution in [3.8, 4) is 17.2 Å². The monoisotopic (exact) mass is 397 g/mol. The minimum Gasteiger partial charge on any atom is -0.494 e. The lowest BCUT2D eigenvalue weighted by Gasteiger charge is -2.28. The minimum absolute atomic E-state index is 0.116. The number of nitrogens with one attached hydrogen (secondary N) is 1. The van der Waals surface area contributed by atoms with Crippen molar-refractivity contribution >= 4 is 22.8 Å². The minimum atomic E-state index is -4.03. The first-order valence-electron chi connectivity index (χ1n) is 8.06. The van der Waals surface area contributed by atoms with E-state index >= 15 is 0 Å². The fourth-order valence-corrected chi connectivity index (χ4v) is 3.33. The number of nitrogens with zero attached hydrogens (tertiary/aromatic N) is 2. The quantitative estimate of drug-likeness (QED) is 0.647. The number of imidazole rings is 1. The third-order valence-electron chi connectivity index (χ3n) is 3.72. The second-order valence-electron chi connectivity index (χ2n) is 5.66. The molecule has 6 nitrogen and oxygen atoms in total. The molecule has 0 amide bonds. The molecule has 3 aromatic rings. The van der Waals surface area contributed by atoms with Crippen molar-refractivity contribution < 1.29 is 27.4 Å². The molecule has 1 unspecified atom stereocenters. The Bertz CT molecular complexity index is 982. The number of rotatable bonds is 5. The van der Waals surface area contributed by atoms with E-state index in [0.717, 1.165) is 11.4 Å². The van der Waals surface area contributed by atoms with Crippen molar-refractivity contribution in [3.63, 3.8) is 0 Å². The van der Waals surface area contributed by atoms with Crippen molar-refractivity contribution in [1.82, 2.24) is 15.0 Å². The fourth-order valence-electron chi connectivity index (χ4n) is 2.54. The molecule has 0 fully saturated rings. The molecule has 142 valence electrons. The van der Waals surface area contributed by atoms with E-state index in [2.05, 4.69) is 24.4 Å². The standard InChI is InChI=1S/C17H14F3N3O3S/c1-2-24-10-3-4-21-9(5-10)8-27-16-22-11-6-13-14(7-12(11)23-16)26-17(19,20)15(18)25-13/h3-7,15H,2,8H2,1H3,(H,22,23). The number of hydrogen-bond acceptors (Lipinski definition) is 6. The molecule has 2 aromatic heterocycles. The Kier molecular flexibility index (Phi) is 4.50. The van der Waals surface area contributed by atoms with E-state index in [-0.39, 0.29) is 11.5 Å². The molecule has 0 saturated heterocycles. The average molecular weight is 397 g/mol. The van der Waals surface area contributed by atoms with Crippen LogP contribution in [-0.4, -0.2) is 34.0 Å². The zero-order valence-corrected chi connectivity index (χ0v) is 14.9. The predicted octanol–water partition coefficient (Wildman–Crippen LogP) is 4.31. The molecule has 4 rings (SSSR count). The van der Waals surface area contributed by atoms with Crippen LogP contribution in [0.25, 0.3) is 11.0 Å². The summed E-state index contributed by atoms with van der Waals surface area (Å²) in [4.78, 5) is 11.6. The molecule has 3 heterocycles. The molecule has 1 aliphatic rings. The van der Waals surface area contributed by atoms with Crippen molar-refractivity contribution in [1.29, 1.82) is 0 Å². The van der Waals surface area contributed by atoms with Crippen LogP contribution in [0.3, 0.4) is 0 Å². The Labute approximate surface area is 156 Å². The number of alkyl halides is 3. The van der Waals surface area contributed by atoms with Gasteiger partial charge in [0.1, 0.15) is 5.75 Å². The van der Waals surface area contributed by atoms with Crippen LogP contribution in [0.1, 0.15) is 12.6 Å². The number of pyridine rings is 1. The van der Waals surface area contributed by atoms with E-state index in [1.807, 2.05) is 13.0 Å². The van der Waals surface area contributed by atoms with Gasteiger partial charge in [0.25, 0.3) is 0 Å². The molecule has 27 heavy (non-hydrogen) atoms. The Morgan fingerprint density at radius 1 is 1.30 bits per heavy atom. The Morgan fingerprint density at radius 2 is 2.15 bits per heavy atom. The normalized spacial score (nSPS) is 17.9. The second kappa shape index (κ2) is 6.84. The lowest BCUT2D eigenvalue weighted by atomic mass is 10.2. The Hall–Kier alpha value is -2.62.